The van der Waals surface area contributed by atoms with Crippen LogP contribution in [0.2, 0.25) is 15.1 Å². The molecule has 0 radical (unpaired) electrons. The Balaban J connectivity index is 1.72. The smallest absolute Gasteiger partial charge is 0.180 e. The van der Waals surface area contributed by atoms with Crippen LogP contribution in [0.1, 0.15) is 22.3 Å². The highest BCUT2D eigenvalue weighted by Crippen LogP contribution is 2.37. The molecule has 0 aliphatic carbocycles. The van der Waals surface area contributed by atoms with E-state index in [1.165, 1.54) is 11.1 Å². The first kappa shape index (κ1) is 21.6. The van der Waals surface area contributed by atoms with Gasteiger partial charge in [0.05, 0.1) is 22.2 Å². The van der Waals surface area contributed by atoms with Crippen LogP contribution in [-0.4, -0.2) is 7.11 Å². The number of benzene rings is 3. The molecule has 3 aromatic carbocycles. The first-order chi connectivity index (χ1) is 13.9. The van der Waals surface area contributed by atoms with Gasteiger partial charge in [0, 0.05) is 12.2 Å². The van der Waals surface area contributed by atoms with Crippen molar-refractivity contribution in [2.24, 2.45) is 0 Å². The van der Waals surface area contributed by atoms with E-state index in [-0.39, 0.29) is 0 Å². The topological polar surface area (TPSA) is 30.5 Å². The molecule has 0 bridgehead atoms. The maximum absolute atomic E-state index is 6.48. The van der Waals surface area contributed by atoms with Crippen LogP contribution in [0.3, 0.4) is 0 Å². The van der Waals surface area contributed by atoms with Crippen molar-refractivity contribution in [3.63, 3.8) is 0 Å². The lowest BCUT2D eigenvalue weighted by molar-refractivity contribution is 0.284. The lowest BCUT2D eigenvalue weighted by Gasteiger charge is -2.15. The Kier molecular flexibility index (Phi) is 7.18. The quantitative estimate of drug-likeness (QED) is 0.405. The van der Waals surface area contributed by atoms with E-state index < -0.39 is 0 Å². The van der Waals surface area contributed by atoms with Crippen molar-refractivity contribution in [1.82, 2.24) is 0 Å². The standard InChI is InChI=1S/C23H22Cl3NO2/c1-14-4-6-18(8-15(14)2)27-12-17-10-21(26)23(22(11-17)28-3)29-13-16-5-7-19(24)20(25)9-16/h4-11,27H,12-13H2,1-3H3. The molecule has 0 unspecified atom stereocenters. The van der Waals surface area contributed by atoms with E-state index in [1.807, 2.05) is 18.2 Å². The molecule has 3 aromatic rings. The zero-order valence-corrected chi connectivity index (χ0v) is 18.8. The van der Waals surface area contributed by atoms with Crippen molar-refractivity contribution in [3.05, 3.63) is 85.9 Å². The maximum atomic E-state index is 6.48. The number of rotatable bonds is 7. The van der Waals surface area contributed by atoms with Gasteiger partial charge in [0.1, 0.15) is 6.61 Å². The molecule has 152 valence electrons. The zero-order valence-electron chi connectivity index (χ0n) is 16.5. The largest absolute Gasteiger partial charge is 0.493 e. The second-order valence-corrected chi connectivity index (χ2v) is 8.02. The van der Waals surface area contributed by atoms with Crippen LogP contribution in [0.15, 0.2) is 48.5 Å². The molecule has 29 heavy (non-hydrogen) atoms. The summed E-state index contributed by atoms with van der Waals surface area (Å²) in [4.78, 5) is 0. The van der Waals surface area contributed by atoms with Gasteiger partial charge in [-0.25, -0.2) is 0 Å². The fourth-order valence-corrected chi connectivity index (χ4v) is 3.46. The molecule has 0 saturated heterocycles. The van der Waals surface area contributed by atoms with E-state index in [0.717, 1.165) is 16.8 Å². The number of ether oxygens (including phenoxy) is 2. The fourth-order valence-electron chi connectivity index (χ4n) is 2.86. The Morgan fingerprint density at radius 2 is 1.55 bits per heavy atom. The van der Waals surface area contributed by atoms with Gasteiger partial charge in [0.15, 0.2) is 11.5 Å². The lowest BCUT2D eigenvalue weighted by Crippen LogP contribution is -2.03. The van der Waals surface area contributed by atoms with Gasteiger partial charge in [0.25, 0.3) is 0 Å². The summed E-state index contributed by atoms with van der Waals surface area (Å²) < 4.78 is 11.4. The highest BCUT2D eigenvalue weighted by Gasteiger charge is 2.13. The minimum absolute atomic E-state index is 0.299. The second-order valence-electron chi connectivity index (χ2n) is 6.80. The molecule has 0 heterocycles. The van der Waals surface area contributed by atoms with E-state index in [1.54, 1.807) is 19.2 Å². The third-order valence-corrected chi connectivity index (χ3v) is 5.68. The van der Waals surface area contributed by atoms with Gasteiger partial charge in [-0.3, -0.25) is 0 Å². The van der Waals surface area contributed by atoms with Crippen molar-refractivity contribution in [3.8, 4) is 11.5 Å². The predicted molar refractivity (Wildman–Crippen MR) is 122 cm³/mol. The molecule has 0 aromatic heterocycles. The number of hydrogen-bond acceptors (Lipinski definition) is 3. The minimum atomic E-state index is 0.299. The van der Waals surface area contributed by atoms with E-state index in [0.29, 0.717) is 39.7 Å². The SMILES string of the molecule is COc1cc(CNc2ccc(C)c(C)c2)cc(Cl)c1OCc1ccc(Cl)c(Cl)c1. The number of methoxy groups -OCH3 is 1. The molecular weight excluding hydrogens is 429 g/mol. The summed E-state index contributed by atoms with van der Waals surface area (Å²) in [5.74, 6) is 1.07. The molecule has 0 aliphatic heterocycles. The summed E-state index contributed by atoms with van der Waals surface area (Å²) in [6.07, 6.45) is 0. The van der Waals surface area contributed by atoms with Crippen LogP contribution in [0.5, 0.6) is 11.5 Å². The zero-order chi connectivity index (χ0) is 21.0. The highest BCUT2D eigenvalue weighted by atomic mass is 35.5. The number of nitrogens with one attached hydrogen (secondary N) is 1. The van der Waals surface area contributed by atoms with Gasteiger partial charge in [-0.2, -0.15) is 0 Å². The molecule has 3 nitrogen and oxygen atoms in total. The van der Waals surface area contributed by atoms with Crippen molar-refractivity contribution < 1.29 is 9.47 Å². The predicted octanol–water partition coefficient (Wildman–Crippen LogP) is 7.46. The van der Waals surface area contributed by atoms with Crippen LogP contribution in [0.4, 0.5) is 5.69 Å². The third-order valence-electron chi connectivity index (χ3n) is 4.66. The normalized spacial score (nSPS) is 10.7. The molecule has 0 spiro atoms. The Bertz CT molecular complexity index is 1020. The minimum Gasteiger partial charge on any atom is -0.493 e. The van der Waals surface area contributed by atoms with Crippen molar-refractivity contribution >= 4 is 40.5 Å². The van der Waals surface area contributed by atoms with Gasteiger partial charge >= 0.3 is 0 Å². The Morgan fingerprint density at radius 1 is 0.793 bits per heavy atom. The molecule has 1 N–H and O–H groups in total. The van der Waals surface area contributed by atoms with Crippen LogP contribution in [-0.2, 0) is 13.2 Å². The van der Waals surface area contributed by atoms with Gasteiger partial charge in [-0.15, -0.1) is 0 Å². The Hall–Kier alpha value is -2.07. The van der Waals surface area contributed by atoms with Gasteiger partial charge < -0.3 is 14.8 Å². The Morgan fingerprint density at radius 3 is 2.24 bits per heavy atom. The molecule has 6 heteroatoms. The van der Waals surface area contributed by atoms with Crippen molar-refractivity contribution in [1.29, 1.82) is 0 Å². The van der Waals surface area contributed by atoms with Crippen LogP contribution in [0.25, 0.3) is 0 Å². The van der Waals surface area contributed by atoms with E-state index in [2.05, 4.69) is 37.4 Å². The summed E-state index contributed by atoms with van der Waals surface area (Å²) >= 11 is 18.5. The van der Waals surface area contributed by atoms with Crippen LogP contribution in [0, 0.1) is 13.8 Å². The number of anilines is 1. The van der Waals surface area contributed by atoms with Crippen molar-refractivity contribution in [2.45, 2.75) is 27.0 Å². The summed E-state index contributed by atoms with van der Waals surface area (Å²) in [5, 5.41) is 4.89. The molecule has 0 aliphatic rings. The third kappa shape index (κ3) is 5.51. The number of aryl methyl sites for hydroxylation is 2. The monoisotopic (exact) mass is 449 g/mol. The molecule has 0 amide bonds. The lowest BCUT2D eigenvalue weighted by atomic mass is 10.1. The number of halogens is 3. The molecule has 0 fully saturated rings. The molecule has 3 rings (SSSR count). The molecule has 0 atom stereocenters. The first-order valence-corrected chi connectivity index (χ1v) is 10.2. The van der Waals surface area contributed by atoms with Gasteiger partial charge in [-0.1, -0.05) is 46.9 Å². The highest BCUT2D eigenvalue weighted by molar-refractivity contribution is 6.42. The maximum Gasteiger partial charge on any atom is 0.180 e. The van der Waals surface area contributed by atoms with E-state index in [9.17, 15) is 0 Å². The average Bonchev–Trinajstić information content (AvgIpc) is 2.70. The number of hydrogen-bond donors (Lipinski definition) is 1. The average molecular weight is 451 g/mol. The van der Waals surface area contributed by atoms with Gasteiger partial charge in [0.2, 0.25) is 0 Å². The summed E-state index contributed by atoms with van der Waals surface area (Å²) in [5.41, 5.74) is 5.45. The summed E-state index contributed by atoms with van der Waals surface area (Å²) in [7, 11) is 1.60. The summed E-state index contributed by atoms with van der Waals surface area (Å²) in [6.45, 7) is 5.11. The first-order valence-electron chi connectivity index (χ1n) is 9.11. The second kappa shape index (κ2) is 9.62. The van der Waals surface area contributed by atoms with E-state index >= 15 is 0 Å². The van der Waals surface area contributed by atoms with Crippen molar-refractivity contribution in [2.75, 3.05) is 12.4 Å². The molecular formula is C23H22Cl3NO2. The van der Waals surface area contributed by atoms with E-state index in [4.69, 9.17) is 44.3 Å². The van der Waals surface area contributed by atoms with Crippen LogP contribution >= 0.6 is 34.8 Å². The molecule has 0 saturated carbocycles. The van der Waals surface area contributed by atoms with Gasteiger partial charge in [-0.05, 0) is 72.5 Å². The van der Waals surface area contributed by atoms with Crippen LogP contribution < -0.4 is 14.8 Å². The summed E-state index contributed by atoms with van der Waals surface area (Å²) in [6, 6.07) is 15.5. The fraction of sp³-hybridized carbons (Fsp3) is 0.217. The Labute approximate surface area is 186 Å².